The third-order valence-corrected chi connectivity index (χ3v) is 6.65. The Morgan fingerprint density at radius 2 is 1.87 bits per heavy atom. The Kier molecular flexibility index (Phi) is 6.90. The van der Waals surface area contributed by atoms with Gasteiger partial charge in [0.2, 0.25) is 15.9 Å². The lowest BCUT2D eigenvalue weighted by atomic mass is 10.2. The molecule has 1 aromatic heterocycles. The minimum atomic E-state index is -3.85. The average molecular weight is 444 g/mol. The van der Waals surface area contributed by atoms with E-state index in [1.165, 1.54) is 31.3 Å². The van der Waals surface area contributed by atoms with Gasteiger partial charge in [-0.15, -0.1) is 0 Å². The summed E-state index contributed by atoms with van der Waals surface area (Å²) in [4.78, 5) is 18.9. The molecule has 1 amide bonds. The van der Waals surface area contributed by atoms with Crippen molar-refractivity contribution in [1.29, 1.82) is 5.26 Å². The molecule has 31 heavy (non-hydrogen) atoms. The van der Waals surface area contributed by atoms with Crippen molar-refractivity contribution in [3.63, 3.8) is 0 Å². The first kappa shape index (κ1) is 22.7. The highest BCUT2D eigenvalue weighted by atomic mass is 32.2. The predicted molar refractivity (Wildman–Crippen MR) is 116 cm³/mol. The van der Waals surface area contributed by atoms with Crippen LogP contribution >= 0.6 is 0 Å². The molecule has 0 aliphatic carbocycles. The van der Waals surface area contributed by atoms with Gasteiger partial charge < -0.3 is 15.0 Å². The number of likely N-dealkylation sites (N-methyl/N-ethyl adjacent to an activating group) is 1. The number of aromatic nitrogens is 1. The molecular weight excluding hydrogens is 418 g/mol. The summed E-state index contributed by atoms with van der Waals surface area (Å²) in [6.07, 6.45) is 1.77. The number of ether oxygens (including phenoxy) is 1. The highest BCUT2D eigenvalue weighted by molar-refractivity contribution is 7.89. The van der Waals surface area contributed by atoms with Crippen LogP contribution in [0.25, 0.3) is 0 Å². The van der Waals surface area contributed by atoms with Crippen LogP contribution in [0, 0.1) is 11.3 Å². The quantitative estimate of drug-likeness (QED) is 0.724. The van der Waals surface area contributed by atoms with Crippen LogP contribution in [0.15, 0.2) is 47.5 Å². The van der Waals surface area contributed by atoms with Gasteiger partial charge in [0.05, 0.1) is 47.2 Å². The molecule has 164 valence electrons. The molecule has 9 nitrogen and oxygen atoms in total. The molecule has 1 N–H and O–H groups in total. The van der Waals surface area contributed by atoms with Crippen LogP contribution in [0.2, 0.25) is 0 Å². The van der Waals surface area contributed by atoms with Crippen molar-refractivity contribution in [2.75, 3.05) is 36.9 Å². The molecule has 1 aliphatic rings. The molecule has 1 saturated heterocycles. The number of carbonyl (C=O) groups is 1. The van der Waals surface area contributed by atoms with Crippen molar-refractivity contribution in [1.82, 2.24) is 9.29 Å². The number of carbonyl (C=O) groups excluding carboxylic acids is 1. The van der Waals surface area contributed by atoms with Crippen molar-refractivity contribution in [2.24, 2.45) is 0 Å². The summed E-state index contributed by atoms with van der Waals surface area (Å²) in [6.45, 7) is 5.14. The third-order valence-electron chi connectivity index (χ3n) is 4.83. The van der Waals surface area contributed by atoms with E-state index < -0.39 is 15.9 Å². The fourth-order valence-electron chi connectivity index (χ4n) is 3.38. The van der Waals surface area contributed by atoms with Crippen LogP contribution in [-0.2, 0) is 19.6 Å². The predicted octanol–water partition coefficient (Wildman–Crippen LogP) is 1.83. The number of sulfonamides is 1. The number of benzene rings is 1. The molecule has 0 radical (unpaired) electrons. The van der Waals surface area contributed by atoms with Gasteiger partial charge >= 0.3 is 0 Å². The van der Waals surface area contributed by atoms with Crippen molar-refractivity contribution in [2.45, 2.75) is 31.0 Å². The molecule has 10 heteroatoms. The zero-order valence-electron chi connectivity index (χ0n) is 17.6. The molecule has 2 heterocycles. The van der Waals surface area contributed by atoms with E-state index in [1.54, 1.807) is 12.3 Å². The topological polar surface area (TPSA) is 116 Å². The fourth-order valence-corrected chi connectivity index (χ4v) is 4.51. The van der Waals surface area contributed by atoms with Gasteiger partial charge in [-0.2, -0.15) is 9.57 Å². The van der Waals surface area contributed by atoms with Crippen molar-refractivity contribution >= 4 is 27.4 Å². The Labute approximate surface area is 182 Å². The summed E-state index contributed by atoms with van der Waals surface area (Å²) in [5.41, 5.74) is 0.837. The number of nitrogens with one attached hydrogen (secondary N) is 1. The monoisotopic (exact) mass is 443 g/mol. The average Bonchev–Trinajstić information content (AvgIpc) is 2.73. The number of rotatable bonds is 6. The second-order valence-electron chi connectivity index (χ2n) is 7.51. The smallest absolute Gasteiger partial charge is 0.243 e. The zero-order chi connectivity index (χ0) is 22.6. The van der Waals surface area contributed by atoms with Crippen LogP contribution in [-0.4, -0.2) is 62.5 Å². The normalized spacial score (nSPS) is 19.1. The van der Waals surface area contributed by atoms with Gasteiger partial charge in [0, 0.05) is 20.1 Å². The Morgan fingerprint density at radius 1 is 1.23 bits per heavy atom. The van der Waals surface area contributed by atoms with Gasteiger partial charge in [-0.3, -0.25) is 4.79 Å². The van der Waals surface area contributed by atoms with Crippen LogP contribution in [0.5, 0.6) is 0 Å². The lowest BCUT2D eigenvalue weighted by Gasteiger charge is -2.36. The number of pyridine rings is 1. The maximum Gasteiger partial charge on any atom is 0.243 e. The Bertz CT molecular complexity index is 1050. The molecule has 0 bridgehead atoms. The standard InChI is InChI=1S/C21H25N5O4S/c1-15-12-26(13-16(2)30-15)20-9-6-18(11-23-20)24-21(27)14-25(3)31(28,29)19-7-4-17(10-22)5-8-19/h4-9,11,15-16H,12-14H2,1-3H3,(H,24,27). The van der Waals surface area contributed by atoms with Gasteiger partial charge in [-0.25, -0.2) is 13.4 Å². The van der Waals surface area contributed by atoms with Gasteiger partial charge in [-0.05, 0) is 50.2 Å². The Morgan fingerprint density at radius 3 is 2.42 bits per heavy atom. The molecule has 0 saturated carbocycles. The summed E-state index contributed by atoms with van der Waals surface area (Å²) < 4.78 is 31.9. The van der Waals surface area contributed by atoms with Gasteiger partial charge in [0.25, 0.3) is 0 Å². The fraction of sp³-hybridized carbons (Fsp3) is 0.381. The second-order valence-corrected chi connectivity index (χ2v) is 9.56. The largest absolute Gasteiger partial charge is 0.372 e. The maximum atomic E-state index is 12.6. The number of amides is 1. The molecular formula is C21H25N5O4S. The Hall–Kier alpha value is -3.00. The van der Waals surface area contributed by atoms with E-state index in [-0.39, 0.29) is 23.6 Å². The number of hydrogen-bond donors (Lipinski definition) is 1. The van der Waals surface area contributed by atoms with Crippen LogP contribution in [0.3, 0.4) is 0 Å². The molecule has 1 fully saturated rings. The van der Waals surface area contributed by atoms with Crippen LogP contribution in [0.1, 0.15) is 19.4 Å². The minimum Gasteiger partial charge on any atom is -0.372 e. The van der Waals surface area contributed by atoms with E-state index in [4.69, 9.17) is 10.00 Å². The third kappa shape index (κ3) is 5.58. The van der Waals surface area contributed by atoms with Gasteiger partial charge in [0.1, 0.15) is 5.82 Å². The molecule has 0 spiro atoms. The number of nitriles is 1. The SMILES string of the molecule is CC1CN(c2ccc(NC(=O)CN(C)S(=O)(=O)c3ccc(C#N)cc3)cn2)CC(C)O1. The van der Waals surface area contributed by atoms with E-state index in [1.807, 2.05) is 26.0 Å². The van der Waals surface area contributed by atoms with Crippen molar-refractivity contribution in [3.8, 4) is 6.07 Å². The van der Waals surface area contributed by atoms with Gasteiger partial charge in [0.15, 0.2) is 0 Å². The summed E-state index contributed by atoms with van der Waals surface area (Å²) in [5.74, 6) is 0.309. The molecule has 1 aliphatic heterocycles. The molecule has 1 aromatic carbocycles. The highest BCUT2D eigenvalue weighted by Gasteiger charge is 2.24. The first-order valence-corrected chi connectivity index (χ1v) is 11.3. The summed E-state index contributed by atoms with van der Waals surface area (Å²) in [6, 6.07) is 11.0. The lowest BCUT2D eigenvalue weighted by molar-refractivity contribution is -0.116. The molecule has 2 aromatic rings. The highest BCUT2D eigenvalue weighted by Crippen LogP contribution is 2.20. The van der Waals surface area contributed by atoms with Crippen molar-refractivity contribution < 1.29 is 17.9 Å². The van der Waals surface area contributed by atoms with Gasteiger partial charge in [-0.1, -0.05) is 0 Å². The second kappa shape index (κ2) is 9.43. The van der Waals surface area contributed by atoms with Crippen LogP contribution < -0.4 is 10.2 Å². The van der Waals surface area contributed by atoms with E-state index >= 15 is 0 Å². The van der Waals surface area contributed by atoms with E-state index in [9.17, 15) is 13.2 Å². The minimum absolute atomic E-state index is 0.0155. The molecule has 2 unspecified atom stereocenters. The number of morpholine rings is 1. The number of hydrogen-bond acceptors (Lipinski definition) is 7. The first-order chi connectivity index (χ1) is 14.7. The Balaban J connectivity index is 1.60. The number of nitrogens with zero attached hydrogens (tertiary/aromatic N) is 4. The van der Waals surface area contributed by atoms with E-state index in [2.05, 4.69) is 15.2 Å². The van der Waals surface area contributed by atoms with Crippen LogP contribution in [0.4, 0.5) is 11.5 Å². The molecule has 2 atom stereocenters. The van der Waals surface area contributed by atoms with E-state index in [0.29, 0.717) is 11.3 Å². The number of anilines is 2. The summed E-state index contributed by atoms with van der Waals surface area (Å²) in [5, 5.41) is 11.5. The zero-order valence-corrected chi connectivity index (χ0v) is 18.5. The molecule has 3 rings (SSSR count). The van der Waals surface area contributed by atoms with E-state index in [0.717, 1.165) is 23.2 Å². The first-order valence-electron chi connectivity index (χ1n) is 9.82. The summed E-state index contributed by atoms with van der Waals surface area (Å²) in [7, 11) is -2.53. The maximum absolute atomic E-state index is 12.6. The lowest BCUT2D eigenvalue weighted by Crippen LogP contribution is -2.45. The van der Waals surface area contributed by atoms with Crippen molar-refractivity contribution in [3.05, 3.63) is 48.2 Å². The summed E-state index contributed by atoms with van der Waals surface area (Å²) >= 11 is 0.